The van der Waals surface area contributed by atoms with E-state index in [1.807, 2.05) is 0 Å². The number of aromatic amines is 1. The number of nitrogens with zero attached hydrogens (tertiary/aromatic N) is 2. The van der Waals surface area contributed by atoms with Gasteiger partial charge >= 0.3 is 12.0 Å². The molecular formula is C13H6F3N3O4. The molecule has 0 unspecified atom stereocenters. The lowest BCUT2D eigenvalue weighted by Crippen LogP contribution is -2.19. The van der Waals surface area contributed by atoms with Gasteiger partial charge < -0.3 is 9.72 Å². The number of hydrogen-bond acceptors (Lipinski definition) is 5. The Morgan fingerprint density at radius 1 is 1.26 bits per heavy atom. The summed E-state index contributed by atoms with van der Waals surface area (Å²) in [6, 6.07) is 6.13. The number of rotatable bonds is 3. The summed E-state index contributed by atoms with van der Waals surface area (Å²) in [5, 5.41) is 19.7. The average Bonchev–Trinajstić information content (AvgIpc) is 2.45. The van der Waals surface area contributed by atoms with Crippen LogP contribution in [0.15, 0.2) is 35.3 Å². The second-order valence-electron chi connectivity index (χ2n) is 4.17. The number of nitrogens with one attached hydrogen (secondary N) is 1. The largest absolute Gasteiger partial charge is 0.573 e. The molecule has 1 aromatic carbocycles. The van der Waals surface area contributed by atoms with Gasteiger partial charge in [0, 0.05) is 11.8 Å². The van der Waals surface area contributed by atoms with Crippen molar-refractivity contribution in [3.63, 3.8) is 0 Å². The van der Waals surface area contributed by atoms with E-state index in [0.29, 0.717) is 0 Å². The van der Waals surface area contributed by atoms with Crippen LogP contribution in [0.1, 0.15) is 5.69 Å². The van der Waals surface area contributed by atoms with Gasteiger partial charge in [0.25, 0.3) is 5.43 Å². The van der Waals surface area contributed by atoms with Crippen molar-refractivity contribution in [3.8, 4) is 22.9 Å². The highest BCUT2D eigenvalue weighted by Crippen LogP contribution is 2.32. The van der Waals surface area contributed by atoms with Gasteiger partial charge in [0.1, 0.15) is 11.8 Å². The van der Waals surface area contributed by atoms with Crippen molar-refractivity contribution < 1.29 is 22.8 Å². The standard InChI is InChI=1S/C13H6F3N3O4/c14-13(15,16)23-10-4-2-1-3-7(10)8-6-18-9(5-17)11(12(8)20)19(21)22/h1-4,6H,(H,18,20). The quantitative estimate of drug-likeness (QED) is 0.689. The molecule has 2 rings (SSSR count). The number of hydrogen-bond donors (Lipinski definition) is 1. The third-order valence-electron chi connectivity index (χ3n) is 2.75. The molecule has 0 amide bonds. The molecule has 0 atom stereocenters. The van der Waals surface area contributed by atoms with Crippen molar-refractivity contribution in [2.24, 2.45) is 0 Å². The SMILES string of the molecule is N#Cc1[nH]cc(-c2ccccc2OC(F)(F)F)c(=O)c1[N+](=O)[O-]. The van der Waals surface area contributed by atoms with Crippen LogP contribution in [0.3, 0.4) is 0 Å². The van der Waals surface area contributed by atoms with Gasteiger partial charge in [-0.2, -0.15) is 5.26 Å². The number of alkyl halides is 3. The molecule has 0 radical (unpaired) electrons. The maximum Gasteiger partial charge on any atom is 0.573 e. The normalized spacial score (nSPS) is 10.9. The number of aromatic nitrogens is 1. The van der Waals surface area contributed by atoms with E-state index in [4.69, 9.17) is 5.26 Å². The van der Waals surface area contributed by atoms with E-state index in [0.717, 1.165) is 18.3 Å². The van der Waals surface area contributed by atoms with Crippen LogP contribution < -0.4 is 10.2 Å². The van der Waals surface area contributed by atoms with Crippen LogP contribution in [-0.4, -0.2) is 16.3 Å². The average molecular weight is 325 g/mol. The summed E-state index contributed by atoms with van der Waals surface area (Å²) in [6.07, 6.45) is -4.08. The first kappa shape index (κ1) is 16.0. The molecule has 0 spiro atoms. The number of benzene rings is 1. The lowest BCUT2D eigenvalue weighted by atomic mass is 10.0. The van der Waals surface area contributed by atoms with E-state index in [1.54, 1.807) is 0 Å². The monoisotopic (exact) mass is 325 g/mol. The fraction of sp³-hybridized carbons (Fsp3) is 0.0769. The summed E-state index contributed by atoms with van der Waals surface area (Å²) in [6.45, 7) is 0. The van der Waals surface area contributed by atoms with Crippen LogP contribution in [0.25, 0.3) is 11.1 Å². The number of pyridine rings is 1. The Bertz CT molecular complexity index is 868. The molecule has 0 aliphatic carbocycles. The molecule has 0 saturated carbocycles. The van der Waals surface area contributed by atoms with Gasteiger partial charge in [-0.05, 0) is 6.07 Å². The summed E-state index contributed by atoms with van der Waals surface area (Å²) in [5.74, 6) is -0.690. The van der Waals surface area contributed by atoms with E-state index in [1.165, 1.54) is 18.2 Å². The van der Waals surface area contributed by atoms with Crippen LogP contribution in [0.5, 0.6) is 5.75 Å². The van der Waals surface area contributed by atoms with E-state index in [-0.39, 0.29) is 5.56 Å². The zero-order chi connectivity index (χ0) is 17.2. The molecule has 0 fully saturated rings. The van der Waals surface area contributed by atoms with Crippen molar-refractivity contribution in [1.29, 1.82) is 5.26 Å². The molecule has 1 heterocycles. The van der Waals surface area contributed by atoms with Crippen LogP contribution in [0, 0.1) is 21.4 Å². The predicted molar refractivity (Wildman–Crippen MR) is 70.6 cm³/mol. The molecule has 0 saturated heterocycles. The lowest BCUT2D eigenvalue weighted by Gasteiger charge is -2.12. The lowest BCUT2D eigenvalue weighted by molar-refractivity contribution is -0.386. The summed E-state index contributed by atoms with van der Waals surface area (Å²) < 4.78 is 41.0. The molecule has 0 aliphatic rings. The number of ether oxygens (including phenoxy) is 1. The minimum Gasteiger partial charge on any atom is -0.405 e. The van der Waals surface area contributed by atoms with E-state index in [9.17, 15) is 28.1 Å². The summed E-state index contributed by atoms with van der Waals surface area (Å²) in [4.78, 5) is 24.2. The maximum absolute atomic E-state index is 12.4. The van der Waals surface area contributed by atoms with Crippen molar-refractivity contribution in [3.05, 3.63) is 56.5 Å². The molecule has 7 nitrogen and oxygen atoms in total. The zero-order valence-electron chi connectivity index (χ0n) is 11.0. The first-order valence-electron chi connectivity index (χ1n) is 5.90. The minimum atomic E-state index is -5.00. The molecule has 1 aromatic heterocycles. The highest BCUT2D eigenvalue weighted by Gasteiger charge is 2.33. The van der Waals surface area contributed by atoms with E-state index >= 15 is 0 Å². The van der Waals surface area contributed by atoms with Crippen LogP contribution in [0.4, 0.5) is 18.9 Å². The highest BCUT2D eigenvalue weighted by atomic mass is 19.4. The van der Waals surface area contributed by atoms with Gasteiger partial charge in [-0.3, -0.25) is 14.9 Å². The van der Waals surface area contributed by atoms with Gasteiger partial charge in [0.2, 0.25) is 5.69 Å². The van der Waals surface area contributed by atoms with Crippen molar-refractivity contribution in [2.45, 2.75) is 6.36 Å². The molecule has 0 bridgehead atoms. The van der Waals surface area contributed by atoms with Crippen LogP contribution in [-0.2, 0) is 0 Å². The van der Waals surface area contributed by atoms with Gasteiger partial charge in [-0.1, -0.05) is 18.2 Å². The summed E-state index contributed by atoms with van der Waals surface area (Å²) in [7, 11) is 0. The number of H-pyrrole nitrogens is 1. The summed E-state index contributed by atoms with van der Waals surface area (Å²) in [5.41, 5.74) is -3.55. The topological polar surface area (TPSA) is 109 Å². The molecular weight excluding hydrogens is 319 g/mol. The predicted octanol–water partition coefficient (Wildman–Crippen LogP) is 2.72. The molecule has 23 heavy (non-hydrogen) atoms. The second kappa shape index (κ2) is 5.80. The zero-order valence-corrected chi connectivity index (χ0v) is 11.0. The van der Waals surface area contributed by atoms with Gasteiger partial charge in [0.05, 0.1) is 10.5 Å². The van der Waals surface area contributed by atoms with Crippen LogP contribution >= 0.6 is 0 Å². The van der Waals surface area contributed by atoms with Gasteiger partial charge in [-0.15, -0.1) is 13.2 Å². The Morgan fingerprint density at radius 2 is 1.91 bits per heavy atom. The summed E-state index contributed by atoms with van der Waals surface area (Å²) >= 11 is 0. The Kier molecular flexibility index (Phi) is 4.04. The fourth-order valence-corrected chi connectivity index (χ4v) is 1.88. The van der Waals surface area contributed by atoms with E-state index < -0.39 is 39.4 Å². The van der Waals surface area contributed by atoms with Crippen molar-refractivity contribution in [2.75, 3.05) is 0 Å². The number of nitro groups is 1. The maximum atomic E-state index is 12.4. The third kappa shape index (κ3) is 3.29. The van der Waals surface area contributed by atoms with Crippen molar-refractivity contribution >= 4 is 5.69 Å². The van der Waals surface area contributed by atoms with E-state index in [2.05, 4.69) is 9.72 Å². The Balaban J connectivity index is 2.70. The molecule has 118 valence electrons. The second-order valence-corrected chi connectivity index (χ2v) is 4.17. The first-order chi connectivity index (χ1) is 10.7. The smallest absolute Gasteiger partial charge is 0.405 e. The van der Waals surface area contributed by atoms with Crippen molar-refractivity contribution in [1.82, 2.24) is 4.98 Å². The Morgan fingerprint density at radius 3 is 2.48 bits per heavy atom. The molecule has 1 N–H and O–H groups in total. The highest BCUT2D eigenvalue weighted by molar-refractivity contribution is 5.72. The van der Waals surface area contributed by atoms with Crippen LogP contribution in [0.2, 0.25) is 0 Å². The fourth-order valence-electron chi connectivity index (χ4n) is 1.88. The minimum absolute atomic E-state index is 0.293. The Hall–Kier alpha value is -3.35. The molecule has 2 aromatic rings. The number of nitriles is 1. The Labute approximate surface area is 125 Å². The van der Waals surface area contributed by atoms with Gasteiger partial charge in [-0.25, -0.2) is 0 Å². The number of halogens is 3. The number of para-hydroxylation sites is 1. The first-order valence-corrected chi connectivity index (χ1v) is 5.90. The molecule has 10 heteroatoms. The molecule has 0 aliphatic heterocycles. The third-order valence-corrected chi connectivity index (χ3v) is 2.75. The van der Waals surface area contributed by atoms with Gasteiger partial charge in [0.15, 0.2) is 0 Å².